The van der Waals surface area contributed by atoms with E-state index in [1.54, 1.807) is 0 Å². The van der Waals surface area contributed by atoms with Gasteiger partial charge in [-0.3, -0.25) is 14.9 Å². The average Bonchev–Trinajstić information content (AvgIpc) is 3.19. The summed E-state index contributed by atoms with van der Waals surface area (Å²) in [6, 6.07) is 4.13. The first-order chi connectivity index (χ1) is 9.00. The Hall–Kier alpha value is -1.33. The fourth-order valence-corrected chi connectivity index (χ4v) is 2.38. The minimum atomic E-state index is -0.625. The molecule has 1 aromatic carbocycles. The van der Waals surface area contributed by atoms with Crippen LogP contribution in [0.3, 0.4) is 0 Å². The van der Waals surface area contributed by atoms with Gasteiger partial charge in [-0.25, -0.2) is 0 Å². The Bertz CT molecular complexity index is 518. The predicted octanol–water partition coefficient (Wildman–Crippen LogP) is 3.00. The molecule has 19 heavy (non-hydrogen) atoms. The van der Waals surface area contributed by atoms with E-state index >= 15 is 0 Å². The number of nitro benzene ring substituents is 1. The number of hydrogen-bond donors (Lipinski definition) is 1. The number of carbonyl (C=O) groups is 1. The molecule has 0 saturated heterocycles. The standard InChI is InChI=1S/C12H12Cl2N2O3/c13-8-2-1-3-10(16(18)19)11(8)12(17)15-6-9(14)7-4-5-7/h1-3,7,9H,4-6H2,(H,15,17). The van der Waals surface area contributed by atoms with E-state index in [-0.39, 0.29) is 28.2 Å². The molecule has 2 rings (SSSR count). The van der Waals surface area contributed by atoms with Crippen molar-refractivity contribution in [2.75, 3.05) is 6.54 Å². The summed E-state index contributed by atoms with van der Waals surface area (Å²) >= 11 is 11.9. The van der Waals surface area contributed by atoms with Crippen LogP contribution in [0, 0.1) is 16.0 Å². The second kappa shape index (κ2) is 5.75. The Labute approximate surface area is 120 Å². The number of benzene rings is 1. The van der Waals surface area contributed by atoms with Gasteiger partial charge in [0.25, 0.3) is 11.6 Å². The molecule has 1 saturated carbocycles. The highest BCUT2D eigenvalue weighted by Crippen LogP contribution is 2.35. The molecule has 0 bridgehead atoms. The third-order valence-corrected chi connectivity index (χ3v) is 3.83. The second-order valence-corrected chi connectivity index (χ2v) is 5.42. The largest absolute Gasteiger partial charge is 0.350 e. The lowest BCUT2D eigenvalue weighted by Gasteiger charge is -2.10. The molecular formula is C12H12Cl2N2O3. The van der Waals surface area contributed by atoms with Crippen LogP contribution < -0.4 is 5.32 Å². The van der Waals surface area contributed by atoms with Crippen LogP contribution >= 0.6 is 23.2 Å². The van der Waals surface area contributed by atoms with Crippen molar-refractivity contribution in [3.8, 4) is 0 Å². The van der Waals surface area contributed by atoms with Crippen LogP contribution in [-0.4, -0.2) is 22.8 Å². The normalized spacial score (nSPS) is 15.9. The third kappa shape index (κ3) is 3.36. The highest BCUT2D eigenvalue weighted by molar-refractivity contribution is 6.34. The maximum Gasteiger partial charge on any atom is 0.283 e. The summed E-state index contributed by atoms with van der Waals surface area (Å²) < 4.78 is 0. The fraction of sp³-hybridized carbons (Fsp3) is 0.417. The van der Waals surface area contributed by atoms with E-state index in [2.05, 4.69) is 5.32 Å². The van der Waals surface area contributed by atoms with Crippen LogP contribution in [0.4, 0.5) is 5.69 Å². The number of hydrogen-bond acceptors (Lipinski definition) is 3. The number of rotatable bonds is 5. The smallest absolute Gasteiger partial charge is 0.283 e. The molecule has 1 aliphatic rings. The fourth-order valence-electron chi connectivity index (χ4n) is 1.79. The first-order valence-corrected chi connectivity index (χ1v) is 6.67. The van der Waals surface area contributed by atoms with Gasteiger partial charge < -0.3 is 5.32 Å². The van der Waals surface area contributed by atoms with Gasteiger partial charge in [-0.1, -0.05) is 17.7 Å². The minimum Gasteiger partial charge on any atom is -0.350 e. The third-order valence-electron chi connectivity index (χ3n) is 3.01. The van der Waals surface area contributed by atoms with Crippen molar-refractivity contribution in [3.63, 3.8) is 0 Å². The van der Waals surface area contributed by atoms with Crippen molar-refractivity contribution in [1.82, 2.24) is 5.32 Å². The van der Waals surface area contributed by atoms with Gasteiger partial charge in [-0.05, 0) is 24.8 Å². The van der Waals surface area contributed by atoms with Crippen molar-refractivity contribution in [1.29, 1.82) is 0 Å². The van der Waals surface area contributed by atoms with E-state index in [1.807, 2.05) is 0 Å². The van der Waals surface area contributed by atoms with Crippen LogP contribution in [0.1, 0.15) is 23.2 Å². The topological polar surface area (TPSA) is 72.2 Å². The van der Waals surface area contributed by atoms with Gasteiger partial charge in [0.1, 0.15) is 5.56 Å². The monoisotopic (exact) mass is 302 g/mol. The summed E-state index contributed by atoms with van der Waals surface area (Å²) in [5.74, 6) is -0.133. The summed E-state index contributed by atoms with van der Waals surface area (Å²) in [5, 5.41) is 13.4. The number of nitrogens with zero attached hydrogens (tertiary/aromatic N) is 1. The lowest BCUT2D eigenvalue weighted by molar-refractivity contribution is -0.385. The van der Waals surface area contributed by atoms with Crippen LogP contribution in [0.25, 0.3) is 0 Å². The molecule has 1 aromatic rings. The molecule has 0 heterocycles. The Kier molecular flexibility index (Phi) is 4.27. The van der Waals surface area contributed by atoms with E-state index in [0.29, 0.717) is 5.92 Å². The van der Waals surface area contributed by atoms with Crippen LogP contribution in [0.5, 0.6) is 0 Å². The molecule has 1 fully saturated rings. The van der Waals surface area contributed by atoms with E-state index in [9.17, 15) is 14.9 Å². The van der Waals surface area contributed by atoms with Crippen LogP contribution in [0.15, 0.2) is 18.2 Å². The molecule has 102 valence electrons. The quantitative estimate of drug-likeness (QED) is 0.516. The van der Waals surface area contributed by atoms with Gasteiger partial charge in [0, 0.05) is 12.6 Å². The van der Waals surface area contributed by atoms with E-state index in [4.69, 9.17) is 23.2 Å². The number of halogens is 2. The molecule has 7 heteroatoms. The minimum absolute atomic E-state index is 0.0595. The molecule has 5 nitrogen and oxygen atoms in total. The van der Waals surface area contributed by atoms with Gasteiger partial charge in [-0.15, -0.1) is 11.6 Å². The van der Waals surface area contributed by atoms with Crippen molar-refractivity contribution in [2.45, 2.75) is 18.2 Å². The van der Waals surface area contributed by atoms with Crippen molar-refractivity contribution in [3.05, 3.63) is 38.9 Å². The van der Waals surface area contributed by atoms with Crippen LogP contribution in [0.2, 0.25) is 5.02 Å². The van der Waals surface area contributed by atoms with Gasteiger partial charge in [0.15, 0.2) is 0 Å². The summed E-state index contributed by atoms with van der Waals surface area (Å²) in [7, 11) is 0. The molecule has 1 N–H and O–H groups in total. The Morgan fingerprint density at radius 3 is 2.79 bits per heavy atom. The number of carbonyl (C=O) groups excluding carboxylic acids is 1. The summed E-state index contributed by atoms with van der Waals surface area (Å²) in [4.78, 5) is 22.2. The van der Waals surface area contributed by atoms with E-state index in [1.165, 1.54) is 18.2 Å². The molecule has 0 radical (unpaired) electrons. The Morgan fingerprint density at radius 2 is 2.21 bits per heavy atom. The highest BCUT2D eigenvalue weighted by Gasteiger charge is 2.30. The zero-order valence-electron chi connectivity index (χ0n) is 9.94. The highest BCUT2D eigenvalue weighted by atomic mass is 35.5. The first kappa shape index (κ1) is 14.1. The van der Waals surface area contributed by atoms with Crippen molar-refractivity contribution < 1.29 is 9.72 Å². The summed E-state index contributed by atoms with van der Waals surface area (Å²) in [6.07, 6.45) is 2.13. The van der Waals surface area contributed by atoms with Gasteiger partial charge in [0.05, 0.1) is 15.3 Å². The molecule has 1 atom stereocenters. The van der Waals surface area contributed by atoms with Gasteiger partial charge in [-0.2, -0.15) is 0 Å². The van der Waals surface area contributed by atoms with Gasteiger partial charge in [0.2, 0.25) is 0 Å². The maximum atomic E-state index is 12.0. The molecule has 1 aliphatic carbocycles. The molecular weight excluding hydrogens is 291 g/mol. The zero-order chi connectivity index (χ0) is 14.0. The van der Waals surface area contributed by atoms with E-state index in [0.717, 1.165) is 12.8 Å². The molecule has 0 aromatic heterocycles. The van der Waals surface area contributed by atoms with Crippen LogP contribution in [-0.2, 0) is 0 Å². The summed E-state index contributed by atoms with van der Waals surface area (Å²) in [6.45, 7) is 0.285. The number of nitro groups is 1. The predicted molar refractivity (Wildman–Crippen MR) is 72.8 cm³/mol. The SMILES string of the molecule is O=C(NCC(Cl)C1CC1)c1c(Cl)cccc1[N+](=O)[O-]. The number of nitrogens with one attached hydrogen (secondary N) is 1. The molecule has 0 spiro atoms. The molecule has 0 aliphatic heterocycles. The average molecular weight is 303 g/mol. The maximum absolute atomic E-state index is 12.0. The lowest BCUT2D eigenvalue weighted by atomic mass is 10.1. The lowest BCUT2D eigenvalue weighted by Crippen LogP contribution is -2.31. The van der Waals surface area contributed by atoms with Gasteiger partial charge >= 0.3 is 0 Å². The number of amides is 1. The van der Waals surface area contributed by atoms with Crippen molar-refractivity contribution in [2.24, 2.45) is 5.92 Å². The Balaban J connectivity index is 2.11. The first-order valence-electron chi connectivity index (χ1n) is 5.86. The number of alkyl halides is 1. The van der Waals surface area contributed by atoms with E-state index < -0.39 is 10.8 Å². The Morgan fingerprint density at radius 1 is 1.53 bits per heavy atom. The second-order valence-electron chi connectivity index (χ2n) is 4.45. The zero-order valence-corrected chi connectivity index (χ0v) is 11.4. The molecule has 1 unspecified atom stereocenters. The van der Waals surface area contributed by atoms with Crippen molar-refractivity contribution >= 4 is 34.8 Å². The molecule has 1 amide bonds. The summed E-state index contributed by atoms with van der Waals surface area (Å²) in [5.41, 5.74) is -0.420.